The molecule has 0 saturated carbocycles. The van der Waals surface area contributed by atoms with Crippen LogP contribution in [0.2, 0.25) is 0 Å². The molecule has 1 aliphatic rings. The molecule has 0 saturated heterocycles. The quantitative estimate of drug-likeness (QED) is 0.852. The molecule has 0 unspecified atom stereocenters. The van der Waals surface area contributed by atoms with Crippen molar-refractivity contribution in [1.82, 2.24) is 0 Å². The molecule has 9 heteroatoms. The van der Waals surface area contributed by atoms with E-state index in [1.165, 1.54) is 6.07 Å². The Hall–Kier alpha value is -1.28. The minimum absolute atomic E-state index is 0. The summed E-state index contributed by atoms with van der Waals surface area (Å²) in [5, 5.41) is 0. The molecule has 0 spiro atoms. The molecule has 0 aromatic heterocycles. The van der Waals surface area contributed by atoms with Gasteiger partial charge < -0.3 is 15.2 Å². The molecule has 0 bridgehead atoms. The van der Waals surface area contributed by atoms with E-state index in [1.54, 1.807) is 0 Å². The first-order chi connectivity index (χ1) is 8.73. The van der Waals surface area contributed by atoms with Gasteiger partial charge in [-0.2, -0.15) is 22.0 Å². The summed E-state index contributed by atoms with van der Waals surface area (Å²) in [6.07, 6.45) is -5.71. The van der Waals surface area contributed by atoms with Gasteiger partial charge in [-0.25, -0.2) is 0 Å². The smallest absolute Gasteiger partial charge is 0.455 e. The summed E-state index contributed by atoms with van der Waals surface area (Å²) in [7, 11) is 0. The van der Waals surface area contributed by atoms with Crippen LogP contribution in [0.1, 0.15) is 11.6 Å². The Balaban J connectivity index is 0.00000200. The van der Waals surface area contributed by atoms with E-state index in [-0.39, 0.29) is 42.7 Å². The van der Waals surface area contributed by atoms with Crippen LogP contribution >= 0.6 is 12.4 Å². The van der Waals surface area contributed by atoms with Gasteiger partial charge in [-0.15, -0.1) is 12.4 Å². The molecule has 1 aromatic rings. The van der Waals surface area contributed by atoms with Crippen molar-refractivity contribution in [3.63, 3.8) is 0 Å². The molecule has 1 heterocycles. The lowest BCUT2D eigenvalue weighted by molar-refractivity contribution is -0.291. The van der Waals surface area contributed by atoms with Crippen molar-refractivity contribution < 1.29 is 31.4 Å². The van der Waals surface area contributed by atoms with E-state index in [2.05, 4.69) is 0 Å². The number of benzene rings is 1. The predicted octanol–water partition coefficient (Wildman–Crippen LogP) is 3.08. The van der Waals surface area contributed by atoms with Crippen LogP contribution in [0.4, 0.5) is 22.0 Å². The van der Waals surface area contributed by atoms with E-state index < -0.39 is 18.1 Å². The van der Waals surface area contributed by atoms with Crippen LogP contribution < -0.4 is 15.2 Å². The summed E-state index contributed by atoms with van der Waals surface area (Å²) in [5.74, 6) is -4.62. The van der Waals surface area contributed by atoms with E-state index >= 15 is 0 Å². The molecule has 3 nitrogen and oxygen atoms in total. The summed E-state index contributed by atoms with van der Waals surface area (Å²) < 4.78 is 73.1. The van der Waals surface area contributed by atoms with E-state index in [1.807, 2.05) is 0 Å². The van der Waals surface area contributed by atoms with E-state index in [4.69, 9.17) is 15.2 Å². The zero-order valence-electron chi connectivity index (χ0n) is 9.92. The van der Waals surface area contributed by atoms with Crippen molar-refractivity contribution >= 4 is 12.4 Å². The number of alkyl halides is 5. The van der Waals surface area contributed by atoms with Crippen molar-refractivity contribution in [1.29, 1.82) is 0 Å². The number of nitrogens with two attached hydrogens (primary N) is 1. The van der Waals surface area contributed by atoms with Gasteiger partial charge in [0.2, 0.25) is 0 Å². The average molecular weight is 320 g/mol. The Morgan fingerprint density at radius 3 is 2.10 bits per heavy atom. The normalized spacial score (nSPS) is 16.3. The lowest BCUT2D eigenvalue weighted by Crippen LogP contribution is -2.45. The van der Waals surface area contributed by atoms with E-state index in [0.29, 0.717) is 0 Å². The number of halogens is 6. The Morgan fingerprint density at radius 1 is 1.00 bits per heavy atom. The Morgan fingerprint density at radius 2 is 1.55 bits per heavy atom. The van der Waals surface area contributed by atoms with Crippen molar-refractivity contribution in [2.45, 2.75) is 18.1 Å². The number of ether oxygens (including phenoxy) is 2. The Bertz CT molecular complexity index is 480. The summed E-state index contributed by atoms with van der Waals surface area (Å²) in [5.41, 5.74) is 4.66. The molecule has 1 aromatic carbocycles. The molecular formula is C11H11ClF5NO2. The van der Waals surface area contributed by atoms with Crippen LogP contribution in [0.5, 0.6) is 11.5 Å². The summed E-state index contributed by atoms with van der Waals surface area (Å²) in [4.78, 5) is 0. The third-order valence-corrected chi connectivity index (χ3v) is 2.69. The van der Waals surface area contributed by atoms with Crippen LogP contribution in [-0.4, -0.2) is 25.3 Å². The van der Waals surface area contributed by atoms with Crippen molar-refractivity contribution in [3.05, 3.63) is 23.8 Å². The van der Waals surface area contributed by atoms with Crippen molar-refractivity contribution in [3.8, 4) is 11.5 Å². The topological polar surface area (TPSA) is 44.5 Å². The van der Waals surface area contributed by atoms with Crippen LogP contribution in [0, 0.1) is 0 Å². The maximum atomic E-state index is 13.1. The average Bonchev–Trinajstić information content (AvgIpc) is 2.36. The fourth-order valence-electron chi connectivity index (χ4n) is 1.64. The van der Waals surface area contributed by atoms with Gasteiger partial charge in [-0.1, -0.05) is 6.07 Å². The highest BCUT2D eigenvalue weighted by atomic mass is 35.5. The maximum absolute atomic E-state index is 13.1. The minimum atomic E-state index is -5.71. The minimum Gasteiger partial charge on any atom is -0.486 e. The molecule has 1 aliphatic heterocycles. The summed E-state index contributed by atoms with van der Waals surface area (Å²) in [6, 6.07) is 0.871. The summed E-state index contributed by atoms with van der Waals surface area (Å²) in [6.45, 7) is 0.485. The van der Waals surface area contributed by atoms with Crippen LogP contribution in [-0.2, 0) is 0 Å². The highest BCUT2D eigenvalue weighted by Crippen LogP contribution is 2.44. The van der Waals surface area contributed by atoms with Gasteiger partial charge >= 0.3 is 12.1 Å². The zero-order valence-corrected chi connectivity index (χ0v) is 10.7. The second-order valence-corrected chi connectivity index (χ2v) is 4.00. The monoisotopic (exact) mass is 319 g/mol. The number of hydrogen-bond acceptors (Lipinski definition) is 3. The Labute approximate surface area is 117 Å². The van der Waals surface area contributed by atoms with Crippen molar-refractivity contribution in [2.24, 2.45) is 5.73 Å². The molecule has 1 atom stereocenters. The second-order valence-electron chi connectivity index (χ2n) is 4.00. The molecule has 20 heavy (non-hydrogen) atoms. The van der Waals surface area contributed by atoms with Crippen LogP contribution in [0.15, 0.2) is 18.2 Å². The fraction of sp³-hybridized carbons (Fsp3) is 0.455. The molecule has 0 amide bonds. The van der Waals surface area contributed by atoms with Gasteiger partial charge in [-0.3, -0.25) is 0 Å². The van der Waals surface area contributed by atoms with E-state index in [0.717, 1.165) is 12.1 Å². The first kappa shape index (κ1) is 16.8. The van der Waals surface area contributed by atoms with Gasteiger partial charge in [0.15, 0.2) is 11.5 Å². The lowest BCUT2D eigenvalue weighted by Gasteiger charge is -2.27. The largest absolute Gasteiger partial charge is 0.486 e. The third-order valence-electron chi connectivity index (χ3n) is 2.69. The third kappa shape index (κ3) is 2.90. The molecule has 0 fully saturated rings. The van der Waals surface area contributed by atoms with Gasteiger partial charge in [0.25, 0.3) is 0 Å². The first-order valence-corrected chi connectivity index (χ1v) is 5.33. The number of rotatable bonds is 2. The molecular weight excluding hydrogens is 309 g/mol. The van der Waals surface area contributed by atoms with E-state index in [9.17, 15) is 22.0 Å². The highest BCUT2D eigenvalue weighted by Gasteiger charge is 2.61. The van der Waals surface area contributed by atoms with Crippen LogP contribution in [0.25, 0.3) is 0 Å². The zero-order chi connectivity index (χ0) is 14.3. The second kappa shape index (κ2) is 5.61. The summed E-state index contributed by atoms with van der Waals surface area (Å²) >= 11 is 0. The maximum Gasteiger partial charge on any atom is 0.455 e. The van der Waals surface area contributed by atoms with Gasteiger partial charge in [0.1, 0.15) is 19.3 Å². The van der Waals surface area contributed by atoms with Crippen LogP contribution in [0.3, 0.4) is 0 Å². The molecule has 0 radical (unpaired) electrons. The van der Waals surface area contributed by atoms with Gasteiger partial charge in [-0.05, 0) is 17.7 Å². The van der Waals surface area contributed by atoms with Crippen molar-refractivity contribution in [2.75, 3.05) is 13.2 Å². The first-order valence-electron chi connectivity index (χ1n) is 5.33. The lowest BCUT2D eigenvalue weighted by atomic mass is 10.0. The standard InChI is InChI=1S/C11H10F5NO2.ClH/c12-10(13,11(14,15)16)9(17)6-1-2-7-8(5-6)19-4-3-18-7;/h1-2,5,9H,3-4,17H2;1H/t9-;/m0./s1. The molecule has 2 rings (SSSR count). The number of fused-ring (bicyclic) bond motifs is 1. The van der Waals surface area contributed by atoms with Gasteiger partial charge in [0, 0.05) is 0 Å². The van der Waals surface area contributed by atoms with Gasteiger partial charge in [0.05, 0.1) is 0 Å². The molecule has 0 aliphatic carbocycles. The molecule has 2 N–H and O–H groups in total. The number of hydrogen-bond donors (Lipinski definition) is 1. The highest BCUT2D eigenvalue weighted by molar-refractivity contribution is 5.85. The Kier molecular flexibility index (Phi) is 4.70. The molecule has 114 valence electrons. The predicted molar refractivity (Wildman–Crippen MR) is 62.6 cm³/mol. The SMILES string of the molecule is Cl.N[C@@H](c1ccc2c(c1)OCCO2)C(F)(F)C(F)(F)F. The fourth-order valence-corrected chi connectivity index (χ4v) is 1.64.